The maximum absolute atomic E-state index is 12.5. The van der Waals surface area contributed by atoms with Crippen molar-refractivity contribution in [2.24, 2.45) is 0 Å². The smallest absolute Gasteiger partial charge is 0.414 e. The molecule has 138 valence electrons. The number of hydrogen-bond donors (Lipinski definition) is 2. The Kier molecular flexibility index (Phi) is 5.64. The van der Waals surface area contributed by atoms with Crippen molar-refractivity contribution in [1.29, 1.82) is 0 Å². The van der Waals surface area contributed by atoms with Crippen molar-refractivity contribution in [3.8, 4) is 0 Å². The molecule has 3 rings (SSSR count). The highest BCUT2D eigenvalue weighted by Gasteiger charge is 2.23. The normalized spacial score (nSPS) is 13.8. The fraction of sp³-hybridized carbons (Fsp3) is 0.375. The van der Waals surface area contributed by atoms with Crippen molar-refractivity contribution in [1.82, 2.24) is 15.2 Å². The van der Waals surface area contributed by atoms with Gasteiger partial charge in [-0.3, -0.25) is 14.9 Å². The molecule has 0 radical (unpaired) electrons. The van der Waals surface area contributed by atoms with Crippen LogP contribution in [-0.2, 0) is 17.7 Å². The molecule has 0 spiro atoms. The number of anilines is 1. The summed E-state index contributed by atoms with van der Waals surface area (Å²) >= 11 is 2.58. The van der Waals surface area contributed by atoms with E-state index in [1.165, 1.54) is 28.7 Å². The largest absolute Gasteiger partial charge is 0.450 e. The van der Waals surface area contributed by atoms with Crippen LogP contribution in [0.2, 0.25) is 0 Å². The second-order valence-corrected chi connectivity index (χ2v) is 7.67. The molecule has 2 aromatic heterocycles. The van der Waals surface area contributed by atoms with Gasteiger partial charge in [0.05, 0.1) is 17.9 Å². The summed E-state index contributed by atoms with van der Waals surface area (Å²) in [5.74, 6) is -0.986. The topological polar surface area (TPSA) is 101 Å². The number of amides is 3. The molecule has 2 aromatic rings. The van der Waals surface area contributed by atoms with Crippen LogP contribution in [0.3, 0.4) is 0 Å². The van der Waals surface area contributed by atoms with Gasteiger partial charge in [0.15, 0.2) is 5.01 Å². The molecule has 0 aromatic carbocycles. The van der Waals surface area contributed by atoms with E-state index < -0.39 is 12.0 Å². The molecular weight excluding hydrogens is 376 g/mol. The molecule has 0 bridgehead atoms. The molecule has 3 amide bonds. The molecule has 0 unspecified atom stereocenters. The monoisotopic (exact) mass is 394 g/mol. The van der Waals surface area contributed by atoms with Gasteiger partial charge in [-0.15, -0.1) is 22.7 Å². The van der Waals surface area contributed by atoms with E-state index in [0.717, 1.165) is 30.1 Å². The standard InChI is InChI=1S/C16H18N4O4S2/c1-3-24-16(23)19-12(21)9-5-7-25-14(9)18-13(22)15-17-10-8-20(2)6-4-11(10)26-15/h5,7H,3-4,6,8H2,1-2H3,(H,18,22)(H,19,21,23). The van der Waals surface area contributed by atoms with Crippen molar-refractivity contribution >= 4 is 45.6 Å². The maximum Gasteiger partial charge on any atom is 0.414 e. The van der Waals surface area contributed by atoms with Gasteiger partial charge in [0.25, 0.3) is 11.8 Å². The Morgan fingerprint density at radius 3 is 2.92 bits per heavy atom. The van der Waals surface area contributed by atoms with Crippen molar-refractivity contribution in [2.75, 3.05) is 25.5 Å². The quantitative estimate of drug-likeness (QED) is 0.825. The Labute approximate surface area is 158 Å². The number of carbonyl (C=O) groups excluding carboxylic acids is 3. The van der Waals surface area contributed by atoms with Crippen LogP contribution in [0, 0.1) is 0 Å². The number of likely N-dealkylation sites (N-methyl/N-ethyl adjacent to an activating group) is 1. The molecule has 0 saturated carbocycles. The SMILES string of the molecule is CCOC(=O)NC(=O)c1ccsc1NC(=O)c1nc2c(s1)CCN(C)C2. The van der Waals surface area contributed by atoms with Crippen LogP contribution in [0.15, 0.2) is 11.4 Å². The first-order valence-corrected chi connectivity index (χ1v) is 9.71. The predicted molar refractivity (Wildman–Crippen MR) is 98.9 cm³/mol. The highest BCUT2D eigenvalue weighted by Crippen LogP contribution is 2.27. The first-order valence-electron chi connectivity index (χ1n) is 8.02. The molecular formula is C16H18N4O4S2. The number of rotatable bonds is 4. The van der Waals surface area contributed by atoms with Gasteiger partial charge in [0.1, 0.15) is 5.00 Å². The third-order valence-electron chi connectivity index (χ3n) is 3.74. The second kappa shape index (κ2) is 7.94. The van der Waals surface area contributed by atoms with Crippen LogP contribution in [0.5, 0.6) is 0 Å². The summed E-state index contributed by atoms with van der Waals surface area (Å²) in [7, 11) is 2.02. The van der Waals surface area contributed by atoms with E-state index in [1.807, 2.05) is 7.05 Å². The number of aromatic nitrogens is 1. The lowest BCUT2D eigenvalue weighted by Crippen LogP contribution is -2.31. The molecule has 0 fully saturated rings. The number of ether oxygens (including phenoxy) is 1. The molecule has 0 atom stereocenters. The number of fused-ring (bicyclic) bond motifs is 1. The Hall–Kier alpha value is -2.30. The predicted octanol–water partition coefficient (Wildman–Crippen LogP) is 2.33. The summed E-state index contributed by atoms with van der Waals surface area (Å²) in [6.07, 6.45) is 0.0564. The zero-order valence-corrected chi connectivity index (χ0v) is 16.0. The molecule has 26 heavy (non-hydrogen) atoms. The summed E-state index contributed by atoms with van der Waals surface area (Å²) in [5, 5.41) is 7.23. The number of alkyl carbamates (subject to hydrolysis) is 1. The molecule has 3 heterocycles. The molecule has 1 aliphatic rings. The van der Waals surface area contributed by atoms with E-state index in [4.69, 9.17) is 0 Å². The van der Waals surface area contributed by atoms with Crippen molar-refractivity contribution in [3.63, 3.8) is 0 Å². The van der Waals surface area contributed by atoms with Crippen molar-refractivity contribution in [3.05, 3.63) is 32.6 Å². The molecule has 8 nitrogen and oxygen atoms in total. The van der Waals surface area contributed by atoms with E-state index >= 15 is 0 Å². The zero-order valence-electron chi connectivity index (χ0n) is 14.3. The van der Waals surface area contributed by atoms with Crippen LogP contribution in [0.1, 0.15) is 37.7 Å². The lowest BCUT2D eigenvalue weighted by atomic mass is 10.2. The maximum atomic E-state index is 12.5. The summed E-state index contributed by atoms with van der Waals surface area (Å²) in [6.45, 7) is 3.48. The van der Waals surface area contributed by atoms with Gasteiger partial charge in [-0.05, 0) is 31.8 Å². The van der Waals surface area contributed by atoms with E-state index in [-0.39, 0.29) is 18.1 Å². The molecule has 0 aliphatic carbocycles. The second-order valence-electron chi connectivity index (χ2n) is 5.67. The van der Waals surface area contributed by atoms with Gasteiger partial charge in [-0.2, -0.15) is 0 Å². The number of nitrogens with one attached hydrogen (secondary N) is 2. The number of hydrogen-bond acceptors (Lipinski definition) is 8. The van der Waals surface area contributed by atoms with Crippen LogP contribution in [-0.4, -0.2) is 48.0 Å². The first kappa shape index (κ1) is 18.5. The van der Waals surface area contributed by atoms with E-state index in [1.54, 1.807) is 12.3 Å². The molecule has 0 saturated heterocycles. The number of thiazole rings is 1. The highest BCUT2D eigenvalue weighted by molar-refractivity contribution is 7.15. The van der Waals surface area contributed by atoms with Gasteiger partial charge in [-0.1, -0.05) is 0 Å². The number of nitrogens with zero attached hydrogens (tertiary/aromatic N) is 2. The number of imide groups is 1. The fourth-order valence-electron chi connectivity index (χ4n) is 2.50. The average molecular weight is 394 g/mol. The molecule has 10 heteroatoms. The minimum Gasteiger partial charge on any atom is -0.450 e. The van der Waals surface area contributed by atoms with Crippen molar-refractivity contribution in [2.45, 2.75) is 19.9 Å². The van der Waals surface area contributed by atoms with Crippen LogP contribution in [0.25, 0.3) is 0 Å². The Morgan fingerprint density at radius 2 is 2.15 bits per heavy atom. The number of thiophene rings is 1. The third kappa shape index (κ3) is 4.09. The lowest BCUT2D eigenvalue weighted by Gasteiger charge is -2.20. The van der Waals surface area contributed by atoms with Crippen molar-refractivity contribution < 1.29 is 19.1 Å². The van der Waals surface area contributed by atoms with Gasteiger partial charge < -0.3 is 15.0 Å². The summed E-state index contributed by atoms with van der Waals surface area (Å²) in [5.41, 5.74) is 1.14. The first-order chi connectivity index (χ1) is 12.5. The number of carbonyl (C=O) groups is 3. The Balaban J connectivity index is 1.70. The van der Waals surface area contributed by atoms with Crippen LogP contribution < -0.4 is 10.6 Å². The Morgan fingerprint density at radius 1 is 1.35 bits per heavy atom. The fourth-order valence-corrected chi connectivity index (χ4v) is 4.23. The summed E-state index contributed by atoms with van der Waals surface area (Å²) < 4.78 is 4.69. The van der Waals surface area contributed by atoms with E-state index in [0.29, 0.717) is 10.0 Å². The Bertz CT molecular complexity index is 845. The molecule has 1 aliphatic heterocycles. The van der Waals surface area contributed by atoms with Gasteiger partial charge >= 0.3 is 6.09 Å². The van der Waals surface area contributed by atoms with Gasteiger partial charge in [0.2, 0.25) is 0 Å². The zero-order chi connectivity index (χ0) is 18.7. The van der Waals surface area contributed by atoms with E-state index in [9.17, 15) is 14.4 Å². The van der Waals surface area contributed by atoms with E-state index in [2.05, 4.69) is 25.3 Å². The van der Waals surface area contributed by atoms with Crippen LogP contribution >= 0.6 is 22.7 Å². The highest BCUT2D eigenvalue weighted by atomic mass is 32.1. The third-order valence-corrected chi connectivity index (χ3v) is 5.73. The average Bonchev–Trinajstić information content (AvgIpc) is 3.21. The lowest BCUT2D eigenvalue weighted by molar-refractivity contribution is 0.0926. The molecule has 2 N–H and O–H groups in total. The van der Waals surface area contributed by atoms with Crippen LogP contribution in [0.4, 0.5) is 9.80 Å². The van der Waals surface area contributed by atoms with Gasteiger partial charge in [-0.25, -0.2) is 9.78 Å². The minimum atomic E-state index is -0.822. The minimum absolute atomic E-state index is 0.163. The summed E-state index contributed by atoms with van der Waals surface area (Å²) in [4.78, 5) is 43.8. The van der Waals surface area contributed by atoms with Gasteiger partial charge in [0, 0.05) is 18.0 Å². The summed E-state index contributed by atoms with van der Waals surface area (Å²) in [6, 6.07) is 1.54.